The van der Waals surface area contributed by atoms with Gasteiger partial charge in [-0.3, -0.25) is 0 Å². The van der Waals surface area contributed by atoms with Crippen molar-refractivity contribution in [3.8, 4) is 46.3 Å². The molecule has 0 aliphatic heterocycles. The van der Waals surface area contributed by atoms with Crippen LogP contribution in [-0.2, 0) is 0 Å². The molecule has 1 aromatic heterocycles. The van der Waals surface area contributed by atoms with Crippen molar-refractivity contribution in [1.82, 2.24) is 15.0 Å². The second-order valence-electron chi connectivity index (χ2n) is 6.20. The molecule has 0 saturated heterocycles. The first-order valence-electron chi connectivity index (χ1n) is 8.69. The maximum atomic E-state index is 9.30. The SMILES string of the molecule is N#Cc1cc(C#N)cc(-c2nc(-c3ccccc3)nc(-c3ccc(Cl)cc3)n2)c1. The Balaban J connectivity index is 1.95. The van der Waals surface area contributed by atoms with Crippen LogP contribution in [0.2, 0.25) is 5.02 Å². The molecule has 0 aliphatic rings. The third-order valence-corrected chi connectivity index (χ3v) is 4.47. The summed E-state index contributed by atoms with van der Waals surface area (Å²) in [7, 11) is 0. The van der Waals surface area contributed by atoms with E-state index in [4.69, 9.17) is 11.6 Å². The summed E-state index contributed by atoms with van der Waals surface area (Å²) >= 11 is 6.01. The van der Waals surface area contributed by atoms with Crippen LogP contribution in [0.1, 0.15) is 11.1 Å². The predicted octanol–water partition coefficient (Wildman–Crippen LogP) is 5.27. The number of aromatic nitrogens is 3. The van der Waals surface area contributed by atoms with Gasteiger partial charge in [-0.15, -0.1) is 0 Å². The summed E-state index contributed by atoms with van der Waals surface area (Å²) < 4.78 is 0. The number of benzene rings is 3. The first-order valence-corrected chi connectivity index (χ1v) is 9.07. The zero-order chi connectivity index (χ0) is 20.2. The molecule has 0 N–H and O–H groups in total. The van der Waals surface area contributed by atoms with E-state index in [2.05, 4.69) is 27.1 Å². The largest absolute Gasteiger partial charge is 0.208 e. The molecule has 0 radical (unpaired) electrons. The molecule has 3 aromatic carbocycles. The molecule has 0 unspecified atom stereocenters. The molecule has 0 atom stereocenters. The van der Waals surface area contributed by atoms with Crippen LogP contribution in [0.15, 0.2) is 72.8 Å². The minimum atomic E-state index is 0.369. The Morgan fingerprint density at radius 3 is 1.59 bits per heavy atom. The Labute approximate surface area is 172 Å². The molecule has 5 nitrogen and oxygen atoms in total. The van der Waals surface area contributed by atoms with Crippen molar-refractivity contribution in [3.63, 3.8) is 0 Å². The van der Waals surface area contributed by atoms with Gasteiger partial charge in [0.2, 0.25) is 0 Å². The highest BCUT2D eigenvalue weighted by Crippen LogP contribution is 2.26. The summed E-state index contributed by atoms with van der Waals surface area (Å²) in [4.78, 5) is 13.8. The molecular weight excluding hydrogens is 382 g/mol. The maximum Gasteiger partial charge on any atom is 0.164 e. The van der Waals surface area contributed by atoms with Crippen LogP contribution in [0.25, 0.3) is 34.2 Å². The Morgan fingerprint density at radius 1 is 0.586 bits per heavy atom. The lowest BCUT2D eigenvalue weighted by Crippen LogP contribution is -2.00. The van der Waals surface area contributed by atoms with Crippen LogP contribution >= 0.6 is 11.6 Å². The van der Waals surface area contributed by atoms with E-state index in [1.54, 1.807) is 24.3 Å². The number of nitrogens with zero attached hydrogens (tertiary/aromatic N) is 5. The molecule has 4 rings (SSSR count). The molecule has 6 heteroatoms. The summed E-state index contributed by atoms with van der Waals surface area (Å²) in [5.41, 5.74) is 2.94. The van der Waals surface area contributed by atoms with E-state index in [9.17, 15) is 10.5 Å². The smallest absolute Gasteiger partial charge is 0.164 e. The topological polar surface area (TPSA) is 86.2 Å². The van der Waals surface area contributed by atoms with Crippen molar-refractivity contribution in [2.24, 2.45) is 0 Å². The Bertz CT molecular complexity index is 1240. The lowest BCUT2D eigenvalue weighted by atomic mass is 10.1. The van der Waals surface area contributed by atoms with Gasteiger partial charge in [0.05, 0.1) is 23.3 Å². The van der Waals surface area contributed by atoms with Gasteiger partial charge in [0.1, 0.15) is 0 Å². The predicted molar refractivity (Wildman–Crippen MR) is 111 cm³/mol. The summed E-state index contributed by atoms with van der Waals surface area (Å²) in [6.07, 6.45) is 0. The highest BCUT2D eigenvalue weighted by atomic mass is 35.5. The molecule has 0 aliphatic carbocycles. The van der Waals surface area contributed by atoms with Crippen LogP contribution < -0.4 is 0 Å². The van der Waals surface area contributed by atoms with Gasteiger partial charge < -0.3 is 0 Å². The van der Waals surface area contributed by atoms with Gasteiger partial charge >= 0.3 is 0 Å². The number of hydrogen-bond donors (Lipinski definition) is 0. The average Bonchev–Trinajstić information content (AvgIpc) is 2.79. The second-order valence-corrected chi connectivity index (χ2v) is 6.64. The van der Waals surface area contributed by atoms with E-state index >= 15 is 0 Å². The molecule has 4 aromatic rings. The molecular formula is C23H12ClN5. The summed E-state index contributed by atoms with van der Waals surface area (Å²) in [6.45, 7) is 0. The van der Waals surface area contributed by atoms with Gasteiger partial charge in [-0.25, -0.2) is 15.0 Å². The van der Waals surface area contributed by atoms with Crippen LogP contribution in [-0.4, -0.2) is 15.0 Å². The van der Waals surface area contributed by atoms with Crippen molar-refractivity contribution in [1.29, 1.82) is 10.5 Å². The minimum Gasteiger partial charge on any atom is -0.208 e. The van der Waals surface area contributed by atoms with Crippen LogP contribution in [0.3, 0.4) is 0 Å². The summed E-state index contributed by atoms with van der Waals surface area (Å²) in [5.74, 6) is 1.37. The zero-order valence-corrected chi connectivity index (χ0v) is 15.8. The second kappa shape index (κ2) is 7.90. The Kier molecular flexibility index (Phi) is 4.99. The third kappa shape index (κ3) is 3.96. The van der Waals surface area contributed by atoms with E-state index in [0.717, 1.165) is 11.1 Å². The van der Waals surface area contributed by atoms with Crippen molar-refractivity contribution < 1.29 is 0 Å². The lowest BCUT2D eigenvalue weighted by molar-refractivity contribution is 1.07. The Morgan fingerprint density at radius 2 is 1.07 bits per heavy atom. The molecule has 0 bridgehead atoms. The van der Waals surface area contributed by atoms with Crippen molar-refractivity contribution in [2.45, 2.75) is 0 Å². The molecule has 136 valence electrons. The molecule has 29 heavy (non-hydrogen) atoms. The fourth-order valence-corrected chi connectivity index (χ4v) is 2.96. The first kappa shape index (κ1) is 18.3. The van der Waals surface area contributed by atoms with E-state index in [0.29, 0.717) is 39.2 Å². The first-order chi connectivity index (χ1) is 14.2. The van der Waals surface area contributed by atoms with E-state index in [-0.39, 0.29) is 0 Å². The van der Waals surface area contributed by atoms with E-state index in [1.807, 2.05) is 42.5 Å². The number of rotatable bonds is 3. The normalized spacial score (nSPS) is 10.2. The standard InChI is InChI=1S/C23H12ClN5/c24-20-8-6-18(7-9-20)22-27-21(17-4-2-1-3-5-17)28-23(29-22)19-11-15(13-25)10-16(12-19)14-26/h1-12H. The molecule has 0 saturated carbocycles. The highest BCUT2D eigenvalue weighted by Gasteiger charge is 2.13. The molecule has 1 heterocycles. The van der Waals surface area contributed by atoms with Crippen molar-refractivity contribution in [3.05, 3.63) is 88.9 Å². The summed E-state index contributed by atoms with van der Waals surface area (Å²) in [6, 6.07) is 25.8. The third-order valence-electron chi connectivity index (χ3n) is 4.22. The molecule has 0 amide bonds. The average molecular weight is 394 g/mol. The van der Waals surface area contributed by atoms with Gasteiger partial charge in [-0.05, 0) is 42.5 Å². The van der Waals surface area contributed by atoms with Gasteiger partial charge in [0.25, 0.3) is 0 Å². The molecule has 0 spiro atoms. The van der Waals surface area contributed by atoms with Crippen molar-refractivity contribution in [2.75, 3.05) is 0 Å². The fourth-order valence-electron chi connectivity index (χ4n) is 2.84. The highest BCUT2D eigenvalue weighted by molar-refractivity contribution is 6.30. The number of halogens is 1. The lowest BCUT2D eigenvalue weighted by Gasteiger charge is -2.09. The van der Waals surface area contributed by atoms with Crippen LogP contribution in [0, 0.1) is 22.7 Å². The summed E-state index contributed by atoms with van der Waals surface area (Å²) in [5, 5.41) is 19.2. The van der Waals surface area contributed by atoms with Gasteiger partial charge in [-0.1, -0.05) is 41.9 Å². The number of nitriles is 2. The van der Waals surface area contributed by atoms with E-state index in [1.165, 1.54) is 6.07 Å². The molecule has 0 fully saturated rings. The van der Waals surface area contributed by atoms with Crippen molar-refractivity contribution >= 4 is 11.6 Å². The maximum absolute atomic E-state index is 9.30. The van der Waals surface area contributed by atoms with Crippen LogP contribution in [0.4, 0.5) is 0 Å². The van der Waals surface area contributed by atoms with Gasteiger partial charge in [0, 0.05) is 21.7 Å². The van der Waals surface area contributed by atoms with Crippen LogP contribution in [0.5, 0.6) is 0 Å². The number of hydrogen-bond acceptors (Lipinski definition) is 5. The van der Waals surface area contributed by atoms with Gasteiger partial charge in [-0.2, -0.15) is 10.5 Å². The Hall–Kier alpha value is -4.06. The fraction of sp³-hybridized carbons (Fsp3) is 0. The van der Waals surface area contributed by atoms with Gasteiger partial charge in [0.15, 0.2) is 17.5 Å². The zero-order valence-electron chi connectivity index (χ0n) is 15.0. The monoisotopic (exact) mass is 393 g/mol. The quantitative estimate of drug-likeness (QED) is 0.473. The minimum absolute atomic E-state index is 0.369. The van der Waals surface area contributed by atoms with E-state index < -0.39 is 0 Å².